The summed E-state index contributed by atoms with van der Waals surface area (Å²) in [7, 11) is 1.75. The minimum Gasteiger partial charge on any atom is -0.490 e. The van der Waals surface area contributed by atoms with Crippen molar-refractivity contribution in [1.82, 2.24) is 0 Å². The Morgan fingerprint density at radius 2 is 1.77 bits per heavy atom. The van der Waals surface area contributed by atoms with Gasteiger partial charge < -0.3 is 33.7 Å². The Labute approximate surface area is 233 Å². The molecule has 0 amide bonds. The van der Waals surface area contributed by atoms with Crippen LogP contribution >= 0.6 is 0 Å². The van der Waals surface area contributed by atoms with Crippen molar-refractivity contribution in [3.05, 3.63) is 59.2 Å². The Morgan fingerprint density at radius 1 is 0.949 bits per heavy atom. The van der Waals surface area contributed by atoms with Crippen LogP contribution in [0.2, 0.25) is 0 Å². The number of methoxy groups -OCH3 is 1. The zero-order chi connectivity index (χ0) is 26.9. The Hall–Kier alpha value is -2.16. The zero-order valence-electron chi connectivity index (χ0n) is 23.4. The first-order valence-corrected chi connectivity index (χ1v) is 14.7. The van der Waals surface area contributed by atoms with Crippen LogP contribution in [0.15, 0.2) is 42.5 Å². The molecule has 2 aromatic rings. The monoisotopic (exact) mass is 539 g/mol. The summed E-state index contributed by atoms with van der Waals surface area (Å²) in [6, 6.07) is 14.9. The van der Waals surface area contributed by atoms with Gasteiger partial charge in [-0.05, 0) is 73.3 Å². The van der Waals surface area contributed by atoms with E-state index >= 15 is 0 Å². The first kappa shape index (κ1) is 28.4. The third kappa shape index (κ3) is 7.74. The highest BCUT2D eigenvalue weighted by Crippen LogP contribution is 2.37. The Kier molecular flexibility index (Phi) is 10.5. The van der Waals surface area contributed by atoms with E-state index in [1.54, 1.807) is 7.11 Å². The molecule has 0 spiro atoms. The largest absolute Gasteiger partial charge is 0.490 e. The van der Waals surface area contributed by atoms with E-state index in [1.807, 2.05) is 0 Å². The Balaban J connectivity index is 1.18. The maximum absolute atomic E-state index is 11.0. The van der Waals surface area contributed by atoms with E-state index in [4.69, 9.17) is 23.7 Å². The molecule has 5 rings (SSSR count). The number of ether oxygens (including phenoxy) is 5. The number of nitrogens with zero attached hydrogens (tertiary/aromatic N) is 1. The van der Waals surface area contributed by atoms with Gasteiger partial charge in [-0.1, -0.05) is 30.3 Å². The lowest BCUT2D eigenvalue weighted by molar-refractivity contribution is -0.0426. The maximum Gasteiger partial charge on any atom is 0.142 e. The van der Waals surface area contributed by atoms with Crippen molar-refractivity contribution >= 4 is 5.69 Å². The van der Waals surface area contributed by atoms with Crippen molar-refractivity contribution in [2.45, 2.75) is 69.9 Å². The number of rotatable bonds is 12. The molecule has 2 aliphatic heterocycles. The number of hydrogen-bond acceptors (Lipinski definition) is 7. The smallest absolute Gasteiger partial charge is 0.142 e. The molecular weight excluding hydrogens is 494 g/mol. The van der Waals surface area contributed by atoms with Gasteiger partial charge in [0.05, 0.1) is 44.3 Å². The normalized spacial score (nSPS) is 23.8. The van der Waals surface area contributed by atoms with Gasteiger partial charge in [0.15, 0.2) is 0 Å². The van der Waals surface area contributed by atoms with E-state index in [1.165, 1.54) is 5.56 Å². The second-order valence-electron chi connectivity index (χ2n) is 11.2. The van der Waals surface area contributed by atoms with E-state index in [2.05, 4.69) is 47.4 Å². The lowest BCUT2D eigenvalue weighted by Crippen LogP contribution is -2.36. The fourth-order valence-corrected chi connectivity index (χ4v) is 6.09. The predicted octanol–water partition coefficient (Wildman–Crippen LogP) is 5.08. The molecule has 3 atom stereocenters. The van der Waals surface area contributed by atoms with Gasteiger partial charge in [-0.15, -0.1) is 0 Å². The molecule has 2 fully saturated rings. The predicted molar refractivity (Wildman–Crippen MR) is 151 cm³/mol. The fraction of sp³-hybridized carbons (Fsp3) is 0.625. The SMILES string of the molecule is COCCCN1CCOc2ccc(CO[C@H]3CCC[C@@H](O)[C@@H]3c3ccc(COCC4CCOCC4)cc3)cc21. The highest BCUT2D eigenvalue weighted by atomic mass is 16.5. The summed E-state index contributed by atoms with van der Waals surface area (Å²) >= 11 is 0. The average Bonchev–Trinajstić information content (AvgIpc) is 2.97. The fourth-order valence-electron chi connectivity index (χ4n) is 6.09. The quantitative estimate of drug-likeness (QED) is 0.377. The molecule has 3 aliphatic rings. The van der Waals surface area contributed by atoms with Gasteiger partial charge in [-0.3, -0.25) is 0 Å². The van der Waals surface area contributed by atoms with Crippen molar-refractivity contribution < 1.29 is 28.8 Å². The van der Waals surface area contributed by atoms with Gasteiger partial charge >= 0.3 is 0 Å². The highest BCUT2D eigenvalue weighted by Gasteiger charge is 2.34. The molecule has 0 unspecified atom stereocenters. The molecule has 0 aromatic heterocycles. The third-order valence-electron chi connectivity index (χ3n) is 8.35. The number of benzene rings is 2. The topological polar surface area (TPSA) is 69.6 Å². The molecule has 0 bridgehead atoms. The average molecular weight is 540 g/mol. The molecule has 0 radical (unpaired) electrons. The van der Waals surface area contributed by atoms with Crippen LogP contribution in [0, 0.1) is 5.92 Å². The van der Waals surface area contributed by atoms with Crippen molar-refractivity contribution in [2.24, 2.45) is 5.92 Å². The number of aliphatic hydroxyl groups is 1. The molecule has 1 saturated carbocycles. The van der Waals surface area contributed by atoms with Gasteiger partial charge in [-0.2, -0.15) is 0 Å². The molecule has 7 heteroatoms. The molecule has 39 heavy (non-hydrogen) atoms. The number of aliphatic hydroxyl groups excluding tert-OH is 1. The van der Waals surface area contributed by atoms with Crippen LogP contribution in [0.25, 0.3) is 0 Å². The lowest BCUT2D eigenvalue weighted by Gasteiger charge is -2.36. The first-order valence-electron chi connectivity index (χ1n) is 14.7. The van der Waals surface area contributed by atoms with E-state index in [0.29, 0.717) is 25.7 Å². The van der Waals surface area contributed by atoms with Gasteiger partial charge in [0.1, 0.15) is 12.4 Å². The minimum atomic E-state index is -0.396. The summed E-state index contributed by atoms with van der Waals surface area (Å²) < 4.78 is 29.1. The zero-order valence-corrected chi connectivity index (χ0v) is 23.4. The van der Waals surface area contributed by atoms with Gasteiger partial charge in [0.2, 0.25) is 0 Å². The van der Waals surface area contributed by atoms with E-state index in [-0.39, 0.29) is 12.0 Å². The Bertz CT molecular complexity index is 1010. The van der Waals surface area contributed by atoms with Gasteiger partial charge in [0, 0.05) is 39.4 Å². The first-order chi connectivity index (χ1) is 19.2. The van der Waals surface area contributed by atoms with E-state index in [0.717, 1.165) is 101 Å². The minimum absolute atomic E-state index is 0.0190. The second kappa shape index (κ2) is 14.5. The maximum atomic E-state index is 11.0. The summed E-state index contributed by atoms with van der Waals surface area (Å²) in [5.41, 5.74) is 4.57. The molecule has 1 N–H and O–H groups in total. The summed E-state index contributed by atoms with van der Waals surface area (Å²) in [6.45, 7) is 6.93. The van der Waals surface area contributed by atoms with E-state index < -0.39 is 6.10 Å². The third-order valence-corrected chi connectivity index (χ3v) is 8.35. The molecule has 214 valence electrons. The van der Waals surface area contributed by atoms with Crippen LogP contribution in [0.1, 0.15) is 61.1 Å². The molecule has 7 nitrogen and oxygen atoms in total. The van der Waals surface area contributed by atoms with Crippen LogP contribution in [-0.4, -0.2) is 70.5 Å². The highest BCUT2D eigenvalue weighted by molar-refractivity contribution is 5.61. The van der Waals surface area contributed by atoms with Crippen molar-refractivity contribution in [3.8, 4) is 5.75 Å². The van der Waals surface area contributed by atoms with Crippen LogP contribution in [0.5, 0.6) is 5.75 Å². The van der Waals surface area contributed by atoms with Crippen LogP contribution in [0.3, 0.4) is 0 Å². The lowest BCUT2D eigenvalue weighted by atomic mass is 9.79. The van der Waals surface area contributed by atoms with Gasteiger partial charge in [-0.25, -0.2) is 0 Å². The van der Waals surface area contributed by atoms with E-state index in [9.17, 15) is 5.11 Å². The molecular formula is C32H45NO6. The number of hydrogen-bond donors (Lipinski definition) is 1. The van der Waals surface area contributed by atoms with Crippen LogP contribution in [0.4, 0.5) is 5.69 Å². The standard InChI is InChI=1S/C32H45NO6/c1-35-16-3-14-33-15-19-38-30-11-8-26(20-28(30)33)23-39-31-5-2-4-29(34)32(31)27-9-6-24(7-10-27)21-37-22-25-12-17-36-18-13-25/h6-11,20,25,29,31-32,34H,2-5,12-19,21-23H2,1H3/t29-,31+,32+/m1/s1. The summed E-state index contributed by atoms with van der Waals surface area (Å²) in [5.74, 6) is 1.52. The molecule has 2 heterocycles. The molecule has 1 saturated heterocycles. The molecule has 2 aromatic carbocycles. The molecule has 1 aliphatic carbocycles. The second-order valence-corrected chi connectivity index (χ2v) is 11.2. The summed E-state index contributed by atoms with van der Waals surface area (Å²) in [6.07, 6.45) is 5.49. The van der Waals surface area contributed by atoms with Crippen LogP contribution < -0.4 is 9.64 Å². The summed E-state index contributed by atoms with van der Waals surface area (Å²) in [4.78, 5) is 2.38. The van der Waals surface area contributed by atoms with Crippen molar-refractivity contribution in [1.29, 1.82) is 0 Å². The number of anilines is 1. The number of fused-ring (bicyclic) bond motifs is 1. The van der Waals surface area contributed by atoms with Gasteiger partial charge in [0.25, 0.3) is 0 Å². The van der Waals surface area contributed by atoms with Crippen molar-refractivity contribution in [2.75, 3.05) is 58.1 Å². The summed E-state index contributed by atoms with van der Waals surface area (Å²) in [5, 5.41) is 11.0. The Morgan fingerprint density at radius 3 is 2.59 bits per heavy atom. The van der Waals surface area contributed by atoms with Crippen molar-refractivity contribution in [3.63, 3.8) is 0 Å². The van der Waals surface area contributed by atoms with Crippen LogP contribution in [-0.2, 0) is 32.2 Å².